The predicted molar refractivity (Wildman–Crippen MR) is 132 cm³/mol. The third-order valence-corrected chi connectivity index (χ3v) is 6.72. The Morgan fingerprint density at radius 3 is 2.79 bits per heavy atom. The minimum Gasteiger partial charge on any atom is -0.444 e. The summed E-state index contributed by atoms with van der Waals surface area (Å²) in [5.74, 6) is 0.773. The Morgan fingerprint density at radius 1 is 1.39 bits per heavy atom. The second-order valence-corrected chi connectivity index (χ2v) is 10.7. The van der Waals surface area contributed by atoms with Crippen LogP contribution in [0.4, 0.5) is 10.6 Å². The van der Waals surface area contributed by atoms with Crippen LogP contribution in [0.25, 0.3) is 16.0 Å². The first-order valence-corrected chi connectivity index (χ1v) is 12.4. The van der Waals surface area contributed by atoms with Gasteiger partial charge >= 0.3 is 6.09 Å². The van der Waals surface area contributed by atoms with E-state index in [1.54, 1.807) is 6.20 Å². The van der Waals surface area contributed by atoms with Crippen molar-refractivity contribution in [1.29, 1.82) is 0 Å². The largest absolute Gasteiger partial charge is 0.444 e. The third-order valence-electron chi connectivity index (χ3n) is 5.99. The van der Waals surface area contributed by atoms with E-state index in [9.17, 15) is 4.79 Å². The molecule has 0 aliphatic carbocycles. The summed E-state index contributed by atoms with van der Waals surface area (Å²) in [6.07, 6.45) is 5.52. The van der Waals surface area contributed by atoms with Crippen molar-refractivity contribution >= 4 is 45.7 Å². The highest BCUT2D eigenvalue weighted by Crippen LogP contribution is 2.31. The maximum atomic E-state index is 12.1. The van der Waals surface area contributed by atoms with Crippen molar-refractivity contribution in [3.05, 3.63) is 21.3 Å². The van der Waals surface area contributed by atoms with Crippen LogP contribution < -0.4 is 10.2 Å². The van der Waals surface area contributed by atoms with Gasteiger partial charge in [0.2, 0.25) is 0 Å². The van der Waals surface area contributed by atoms with E-state index >= 15 is 0 Å². The molecule has 1 atom stereocenters. The summed E-state index contributed by atoms with van der Waals surface area (Å²) >= 11 is 2.19. The molecule has 1 N–H and O–H groups in total. The number of nitrogens with zero attached hydrogens (tertiary/aromatic N) is 6. The Labute approximate surface area is 207 Å². The number of carbonyl (C=O) groups excluding carboxylic acids is 1. The van der Waals surface area contributed by atoms with Crippen molar-refractivity contribution in [3.8, 4) is 0 Å². The van der Waals surface area contributed by atoms with Gasteiger partial charge < -0.3 is 24.5 Å². The molecule has 0 spiro atoms. The Kier molecular flexibility index (Phi) is 6.95. The Hall–Kier alpha value is -2.20. The van der Waals surface area contributed by atoms with Gasteiger partial charge in [0.15, 0.2) is 15.6 Å². The summed E-state index contributed by atoms with van der Waals surface area (Å²) in [5, 5.41) is 7.42. The van der Waals surface area contributed by atoms with Gasteiger partial charge in [0, 0.05) is 32.5 Å². The zero-order valence-electron chi connectivity index (χ0n) is 19.3. The van der Waals surface area contributed by atoms with Crippen LogP contribution in [0.5, 0.6) is 0 Å². The standard InChI is InChI=1S/C22H30IN7O3/c1-21(2,3)33-20(31)26-14-22(24-4)8-10-29(11-9-22)15-13-25-17-18(23)28-30(19(17)27-15)16-7-5-6-12-32-16/h13,16H,5-12,14H2,1-3H3,(H,26,31). The molecular weight excluding hydrogens is 537 g/mol. The van der Waals surface area contributed by atoms with E-state index in [1.807, 2.05) is 25.5 Å². The zero-order chi connectivity index (χ0) is 23.6. The summed E-state index contributed by atoms with van der Waals surface area (Å²) in [7, 11) is 0. The number of hydrogen-bond acceptors (Lipinski definition) is 7. The zero-order valence-corrected chi connectivity index (χ0v) is 21.5. The van der Waals surface area contributed by atoms with Gasteiger partial charge in [-0.2, -0.15) is 5.10 Å². The number of rotatable bonds is 4. The summed E-state index contributed by atoms with van der Waals surface area (Å²) < 4.78 is 13.9. The molecule has 0 radical (unpaired) electrons. The number of hydrogen-bond donors (Lipinski definition) is 1. The fraction of sp³-hybridized carbons (Fsp3) is 0.682. The number of piperidine rings is 1. The summed E-state index contributed by atoms with van der Waals surface area (Å²) in [5.41, 5.74) is 0.307. The van der Waals surface area contributed by atoms with Gasteiger partial charge in [0.05, 0.1) is 12.7 Å². The Morgan fingerprint density at radius 2 is 2.15 bits per heavy atom. The van der Waals surface area contributed by atoms with Gasteiger partial charge in [-0.05, 0) is 62.6 Å². The monoisotopic (exact) mass is 567 g/mol. The van der Waals surface area contributed by atoms with Gasteiger partial charge in [0.25, 0.3) is 5.54 Å². The van der Waals surface area contributed by atoms with Crippen LogP contribution in [0, 0.1) is 10.3 Å². The number of halogens is 1. The topological polar surface area (TPSA) is 98.8 Å². The molecular formula is C22H30IN7O3. The van der Waals surface area contributed by atoms with E-state index in [0.29, 0.717) is 25.9 Å². The number of aromatic nitrogens is 4. The molecule has 2 aliphatic heterocycles. The molecule has 2 saturated heterocycles. The second kappa shape index (κ2) is 9.58. The maximum absolute atomic E-state index is 12.1. The number of anilines is 1. The molecule has 0 bridgehead atoms. The normalized spacial score (nSPS) is 20.9. The minimum atomic E-state index is -0.641. The fourth-order valence-corrected chi connectivity index (χ4v) is 4.78. The Balaban J connectivity index is 1.45. The molecule has 2 aliphatic rings. The lowest BCUT2D eigenvalue weighted by Crippen LogP contribution is -2.50. The van der Waals surface area contributed by atoms with Crippen LogP contribution in [0.15, 0.2) is 6.20 Å². The van der Waals surface area contributed by atoms with Crippen LogP contribution in [0.1, 0.15) is 59.1 Å². The molecule has 178 valence electrons. The van der Waals surface area contributed by atoms with Crippen LogP contribution in [-0.2, 0) is 9.47 Å². The summed E-state index contributed by atoms with van der Waals surface area (Å²) in [4.78, 5) is 27.6. The van der Waals surface area contributed by atoms with E-state index in [1.165, 1.54) is 0 Å². The van der Waals surface area contributed by atoms with Crippen molar-refractivity contribution in [2.24, 2.45) is 0 Å². The average molecular weight is 567 g/mol. The molecule has 33 heavy (non-hydrogen) atoms. The number of amides is 1. The van der Waals surface area contributed by atoms with E-state index in [2.05, 4.69) is 47.7 Å². The third kappa shape index (κ3) is 5.48. The quantitative estimate of drug-likeness (QED) is 0.442. The molecule has 4 heterocycles. The van der Waals surface area contributed by atoms with E-state index in [4.69, 9.17) is 21.0 Å². The van der Waals surface area contributed by atoms with Crippen molar-refractivity contribution in [1.82, 2.24) is 25.1 Å². The van der Waals surface area contributed by atoms with Gasteiger partial charge in [-0.15, -0.1) is 0 Å². The highest BCUT2D eigenvalue weighted by atomic mass is 127. The van der Waals surface area contributed by atoms with Gasteiger partial charge in [-0.25, -0.2) is 26.0 Å². The van der Waals surface area contributed by atoms with Crippen molar-refractivity contribution in [2.45, 2.75) is 70.2 Å². The molecule has 1 unspecified atom stereocenters. The first kappa shape index (κ1) is 23.9. The van der Waals surface area contributed by atoms with Crippen LogP contribution in [0.2, 0.25) is 0 Å². The average Bonchev–Trinajstić information content (AvgIpc) is 3.13. The smallest absolute Gasteiger partial charge is 0.407 e. The first-order valence-electron chi connectivity index (χ1n) is 11.3. The summed E-state index contributed by atoms with van der Waals surface area (Å²) in [6.45, 7) is 15.5. The van der Waals surface area contributed by atoms with Crippen LogP contribution in [-0.4, -0.2) is 63.2 Å². The van der Waals surface area contributed by atoms with Crippen molar-refractivity contribution < 1.29 is 14.3 Å². The predicted octanol–water partition coefficient (Wildman–Crippen LogP) is 3.91. The minimum absolute atomic E-state index is 0.107. The van der Waals surface area contributed by atoms with E-state index < -0.39 is 17.2 Å². The maximum Gasteiger partial charge on any atom is 0.407 e. The number of ether oxygens (including phenoxy) is 2. The number of carbonyl (C=O) groups is 1. The molecule has 1 amide bonds. The molecule has 2 fully saturated rings. The molecule has 2 aromatic heterocycles. The molecule has 0 saturated carbocycles. The van der Waals surface area contributed by atoms with Gasteiger partial charge in [-0.3, -0.25) is 0 Å². The Bertz CT molecular complexity index is 1040. The molecule has 2 aromatic rings. The van der Waals surface area contributed by atoms with Crippen LogP contribution >= 0.6 is 22.6 Å². The van der Waals surface area contributed by atoms with Crippen molar-refractivity contribution in [2.75, 3.05) is 31.1 Å². The van der Waals surface area contributed by atoms with E-state index in [0.717, 1.165) is 46.6 Å². The van der Waals surface area contributed by atoms with E-state index in [-0.39, 0.29) is 12.8 Å². The number of fused-ring (bicyclic) bond motifs is 1. The summed E-state index contributed by atoms with van der Waals surface area (Å²) in [6, 6.07) is 0. The SMILES string of the molecule is [C-]#[N+]C1(CNC(=O)OC(C)(C)C)CCN(c2cnc3c(I)nn(C4CCCCO4)c3n2)CC1. The van der Waals surface area contributed by atoms with Gasteiger partial charge in [0.1, 0.15) is 16.9 Å². The molecule has 4 rings (SSSR count). The lowest BCUT2D eigenvalue weighted by molar-refractivity contribution is -0.0372. The van der Waals surface area contributed by atoms with Crippen LogP contribution in [0.3, 0.4) is 0 Å². The van der Waals surface area contributed by atoms with Gasteiger partial charge in [-0.1, -0.05) is 0 Å². The highest BCUT2D eigenvalue weighted by molar-refractivity contribution is 14.1. The molecule has 10 nitrogen and oxygen atoms in total. The fourth-order valence-electron chi connectivity index (χ4n) is 4.17. The first-order chi connectivity index (χ1) is 15.7. The van der Waals surface area contributed by atoms with Crippen molar-refractivity contribution in [3.63, 3.8) is 0 Å². The lowest BCUT2D eigenvalue weighted by atomic mass is 9.88. The lowest BCUT2D eigenvalue weighted by Gasteiger charge is -2.34. The number of alkyl carbamates (subject to hydrolysis) is 1. The highest BCUT2D eigenvalue weighted by Gasteiger charge is 2.41. The second-order valence-electron chi connectivity index (χ2n) is 9.64. The number of nitrogens with one attached hydrogen (secondary N) is 1. The molecule has 0 aromatic carbocycles. The molecule has 11 heteroatoms.